The molecule has 0 bridgehead atoms. The number of hydrogen-bond donors (Lipinski definition) is 2. The Morgan fingerprint density at radius 1 is 0.744 bits per heavy atom. The highest BCUT2D eigenvalue weighted by molar-refractivity contribution is 9.11. The Hall–Kier alpha value is -3.52. The summed E-state index contributed by atoms with van der Waals surface area (Å²) in [4.78, 5) is 27.3. The first kappa shape index (κ1) is 30.9. The van der Waals surface area contributed by atoms with E-state index in [-0.39, 0.29) is 27.3 Å². The standard InChI is InChI=1S/C30H26Br2N4O5S2/c1-33-25(37)22(26(38)34(2)29(33)42)21(23-27(39)35(3)30(43)36(4)28(23)40)18-12-19(31)24(20(32)13-18)41-14-15-9-10-16-7-5-6-8-17(16)11-15/h5-13,21,37,39H,14H2,1-4H3. The molecule has 2 heterocycles. The largest absolute Gasteiger partial charge is 0.494 e. The molecule has 0 radical (unpaired) electrons. The van der Waals surface area contributed by atoms with Crippen molar-refractivity contribution in [3.8, 4) is 17.5 Å². The third-order valence-corrected chi connectivity index (χ3v) is 9.74. The van der Waals surface area contributed by atoms with Gasteiger partial charge in [0.15, 0.2) is 9.54 Å². The monoisotopic (exact) mass is 744 g/mol. The highest BCUT2D eigenvalue weighted by atomic mass is 79.9. The maximum Gasteiger partial charge on any atom is 0.262 e. The van der Waals surface area contributed by atoms with Crippen LogP contribution < -0.4 is 15.9 Å². The van der Waals surface area contributed by atoms with E-state index in [1.807, 2.05) is 36.4 Å². The van der Waals surface area contributed by atoms with Crippen molar-refractivity contribution in [3.05, 3.63) is 116 Å². The van der Waals surface area contributed by atoms with E-state index in [0.29, 0.717) is 20.3 Å². The predicted octanol–water partition coefficient (Wildman–Crippen LogP) is 6.07. The summed E-state index contributed by atoms with van der Waals surface area (Å²) in [6.07, 6.45) is 0. The Kier molecular flexibility index (Phi) is 8.54. The number of aromatic hydroxyl groups is 2. The highest BCUT2D eigenvalue weighted by Gasteiger charge is 2.33. The third-order valence-electron chi connectivity index (χ3n) is 7.46. The van der Waals surface area contributed by atoms with Crippen LogP contribution in [0.4, 0.5) is 0 Å². The summed E-state index contributed by atoms with van der Waals surface area (Å²) in [6, 6.07) is 17.5. The third kappa shape index (κ3) is 5.39. The van der Waals surface area contributed by atoms with E-state index >= 15 is 0 Å². The minimum Gasteiger partial charge on any atom is -0.494 e. The molecule has 0 spiro atoms. The zero-order chi connectivity index (χ0) is 31.3. The first-order valence-electron chi connectivity index (χ1n) is 12.9. The number of benzene rings is 3. The minimum absolute atomic E-state index is 0.0772. The average Bonchev–Trinajstić information content (AvgIpc) is 2.99. The topological polar surface area (TPSA) is 104 Å². The number of nitrogens with zero attached hydrogens (tertiary/aromatic N) is 4. The van der Waals surface area contributed by atoms with E-state index in [9.17, 15) is 19.8 Å². The summed E-state index contributed by atoms with van der Waals surface area (Å²) >= 11 is 17.8. The fourth-order valence-electron chi connectivity index (χ4n) is 5.07. The van der Waals surface area contributed by atoms with Crippen molar-refractivity contribution in [1.82, 2.24) is 18.3 Å². The zero-order valence-electron chi connectivity index (χ0n) is 23.5. The second-order valence-corrected chi connectivity index (χ2v) is 12.5. The number of fused-ring (bicyclic) bond motifs is 1. The van der Waals surface area contributed by atoms with Crippen LogP contribution in [0.25, 0.3) is 10.8 Å². The molecular formula is C30H26Br2N4O5S2. The summed E-state index contributed by atoms with van der Waals surface area (Å²) in [5.41, 5.74) is -0.166. The summed E-state index contributed by atoms with van der Waals surface area (Å²) in [5, 5.41) is 24.7. The number of hydrogen-bond acceptors (Lipinski definition) is 7. The molecule has 0 unspecified atom stereocenters. The molecule has 0 atom stereocenters. The quantitative estimate of drug-likeness (QED) is 0.204. The van der Waals surface area contributed by atoms with Gasteiger partial charge in [0.1, 0.15) is 12.4 Å². The maximum absolute atomic E-state index is 13.7. The molecule has 0 aliphatic rings. The second-order valence-electron chi connectivity index (χ2n) is 10.1. The molecule has 0 fully saturated rings. The van der Waals surface area contributed by atoms with Crippen molar-refractivity contribution in [2.75, 3.05) is 0 Å². The van der Waals surface area contributed by atoms with Gasteiger partial charge in [0.25, 0.3) is 11.1 Å². The lowest BCUT2D eigenvalue weighted by Crippen LogP contribution is -2.33. The summed E-state index contributed by atoms with van der Waals surface area (Å²) in [6.45, 7) is 0.278. The number of aromatic nitrogens is 4. The molecular weight excluding hydrogens is 720 g/mol. The molecule has 9 nitrogen and oxygen atoms in total. The lowest BCUT2D eigenvalue weighted by molar-refractivity contribution is 0.302. The van der Waals surface area contributed by atoms with Gasteiger partial charge in [0.2, 0.25) is 11.8 Å². The predicted molar refractivity (Wildman–Crippen MR) is 177 cm³/mol. The van der Waals surface area contributed by atoms with E-state index in [1.165, 1.54) is 46.5 Å². The van der Waals surface area contributed by atoms with E-state index in [2.05, 4.69) is 37.9 Å². The smallest absolute Gasteiger partial charge is 0.262 e. The van der Waals surface area contributed by atoms with Gasteiger partial charge in [-0.1, -0.05) is 36.4 Å². The molecule has 222 valence electrons. The molecule has 5 rings (SSSR count). The Balaban J connectivity index is 1.69. The van der Waals surface area contributed by atoms with E-state index < -0.39 is 28.8 Å². The van der Waals surface area contributed by atoms with Gasteiger partial charge in [0, 0.05) is 28.2 Å². The molecule has 0 aliphatic heterocycles. The number of rotatable bonds is 6. The summed E-state index contributed by atoms with van der Waals surface area (Å²) < 4.78 is 12.3. The van der Waals surface area contributed by atoms with Crippen molar-refractivity contribution in [2.45, 2.75) is 12.5 Å². The van der Waals surface area contributed by atoms with Crippen LogP contribution in [0.5, 0.6) is 17.5 Å². The van der Waals surface area contributed by atoms with Gasteiger partial charge in [0.05, 0.1) is 26.0 Å². The van der Waals surface area contributed by atoms with Gasteiger partial charge in [-0.3, -0.25) is 27.9 Å². The average molecular weight is 747 g/mol. The van der Waals surface area contributed by atoms with Crippen molar-refractivity contribution < 1.29 is 14.9 Å². The van der Waals surface area contributed by atoms with Crippen LogP contribution >= 0.6 is 56.3 Å². The first-order valence-corrected chi connectivity index (χ1v) is 15.3. The van der Waals surface area contributed by atoms with Crippen LogP contribution in [-0.2, 0) is 34.8 Å². The van der Waals surface area contributed by atoms with Crippen LogP contribution in [0.2, 0.25) is 0 Å². The number of halogens is 2. The van der Waals surface area contributed by atoms with E-state index in [1.54, 1.807) is 12.1 Å². The van der Waals surface area contributed by atoms with Crippen LogP contribution in [0, 0.1) is 9.54 Å². The van der Waals surface area contributed by atoms with E-state index in [0.717, 1.165) is 16.3 Å². The minimum atomic E-state index is -1.22. The lowest BCUT2D eigenvalue weighted by Gasteiger charge is -2.24. The summed E-state index contributed by atoms with van der Waals surface area (Å²) in [5.74, 6) is -1.60. The molecule has 13 heteroatoms. The van der Waals surface area contributed by atoms with Gasteiger partial charge in [-0.2, -0.15) is 0 Å². The maximum atomic E-state index is 13.7. The Morgan fingerprint density at radius 3 is 1.74 bits per heavy atom. The van der Waals surface area contributed by atoms with Gasteiger partial charge in [-0.25, -0.2) is 0 Å². The fourth-order valence-corrected chi connectivity index (χ4v) is 6.86. The van der Waals surface area contributed by atoms with Gasteiger partial charge >= 0.3 is 0 Å². The van der Waals surface area contributed by atoms with Crippen LogP contribution in [0.15, 0.2) is 73.1 Å². The molecule has 2 N–H and O–H groups in total. The van der Waals surface area contributed by atoms with Crippen LogP contribution in [0.1, 0.15) is 28.2 Å². The second kappa shape index (κ2) is 11.9. The van der Waals surface area contributed by atoms with Gasteiger partial charge in [-0.15, -0.1) is 0 Å². The van der Waals surface area contributed by atoms with Gasteiger partial charge in [-0.05, 0) is 96.4 Å². The normalized spacial score (nSPS) is 11.4. The molecule has 0 saturated carbocycles. The molecule has 0 amide bonds. The number of ether oxygens (including phenoxy) is 1. The highest BCUT2D eigenvalue weighted by Crippen LogP contribution is 2.43. The van der Waals surface area contributed by atoms with Crippen LogP contribution in [-0.4, -0.2) is 28.5 Å². The van der Waals surface area contributed by atoms with Crippen molar-refractivity contribution >= 4 is 67.1 Å². The first-order chi connectivity index (χ1) is 20.3. The van der Waals surface area contributed by atoms with Crippen molar-refractivity contribution in [1.29, 1.82) is 0 Å². The fraction of sp³-hybridized carbons (Fsp3) is 0.200. The SMILES string of the molecule is Cn1c(O)c(C(c2cc(Br)c(OCc3ccc4ccccc4c3)c(Br)c2)c2c(O)n(C)c(=S)n(C)c2=O)c(=O)n(C)c1=S. The molecule has 43 heavy (non-hydrogen) atoms. The lowest BCUT2D eigenvalue weighted by atomic mass is 9.86. The zero-order valence-corrected chi connectivity index (χ0v) is 28.3. The van der Waals surface area contributed by atoms with E-state index in [4.69, 9.17) is 29.2 Å². The van der Waals surface area contributed by atoms with Gasteiger partial charge < -0.3 is 14.9 Å². The molecule has 2 aromatic heterocycles. The van der Waals surface area contributed by atoms with Crippen molar-refractivity contribution in [3.63, 3.8) is 0 Å². The van der Waals surface area contributed by atoms with Crippen molar-refractivity contribution in [2.24, 2.45) is 28.2 Å². The summed E-state index contributed by atoms with van der Waals surface area (Å²) in [7, 11) is 5.98. The Bertz CT molecular complexity index is 2080. The Labute approximate surface area is 273 Å². The molecule has 3 aromatic carbocycles. The molecule has 0 aliphatic carbocycles. The van der Waals surface area contributed by atoms with Crippen LogP contribution in [0.3, 0.4) is 0 Å². The molecule has 5 aromatic rings. The molecule has 0 saturated heterocycles. The Morgan fingerprint density at radius 2 is 1.23 bits per heavy atom.